The quantitative estimate of drug-likeness (QED) is 0.526. The Morgan fingerprint density at radius 1 is 1.16 bits per heavy atom. The molecule has 0 atom stereocenters. The number of hydrazone groups is 1. The topological polar surface area (TPSA) is 70.1 Å². The van der Waals surface area contributed by atoms with E-state index in [1.165, 1.54) is 18.3 Å². The number of rotatable bonds is 4. The predicted octanol–water partition coefficient (Wildman–Crippen LogP) is 4.29. The summed E-state index contributed by atoms with van der Waals surface area (Å²) in [6, 6.07) is 12.3. The zero-order valence-corrected chi connectivity index (χ0v) is 14.1. The third kappa shape index (κ3) is 4.23. The Morgan fingerprint density at radius 3 is 2.64 bits per heavy atom. The molecule has 0 spiro atoms. The minimum absolute atomic E-state index is 0.221. The number of hydrogen-bond donors (Lipinski definition) is 2. The first kappa shape index (κ1) is 17.1. The Balaban J connectivity index is 1.67. The fraction of sp³-hybridized carbons (Fsp3) is 0. The van der Waals surface area contributed by atoms with Crippen LogP contribution in [0.3, 0.4) is 0 Å². The number of carbonyl (C=O) groups is 1. The van der Waals surface area contributed by atoms with Gasteiger partial charge in [0.05, 0.1) is 16.9 Å². The van der Waals surface area contributed by atoms with Gasteiger partial charge in [-0.05, 0) is 42.5 Å². The normalized spacial score (nSPS) is 11.0. The number of H-pyrrole nitrogens is 1. The van der Waals surface area contributed by atoms with Gasteiger partial charge in [-0.3, -0.25) is 9.89 Å². The van der Waals surface area contributed by atoms with Crippen LogP contribution in [0.15, 0.2) is 53.6 Å². The molecule has 2 N–H and O–H groups in total. The number of amides is 1. The molecule has 0 aliphatic rings. The highest BCUT2D eigenvalue weighted by Crippen LogP contribution is 2.20. The van der Waals surface area contributed by atoms with E-state index in [0.29, 0.717) is 26.9 Å². The molecule has 0 saturated carbocycles. The summed E-state index contributed by atoms with van der Waals surface area (Å²) >= 11 is 11.8. The second kappa shape index (κ2) is 7.46. The smallest absolute Gasteiger partial charge is 0.272 e. The van der Waals surface area contributed by atoms with E-state index in [4.69, 9.17) is 23.2 Å². The largest absolute Gasteiger partial charge is 0.289 e. The summed E-state index contributed by atoms with van der Waals surface area (Å²) in [5.74, 6) is -0.811. The van der Waals surface area contributed by atoms with Gasteiger partial charge in [-0.1, -0.05) is 29.3 Å². The minimum Gasteiger partial charge on any atom is -0.272 e. The van der Waals surface area contributed by atoms with Crippen molar-refractivity contribution in [1.29, 1.82) is 0 Å². The highest BCUT2D eigenvalue weighted by Gasteiger charge is 2.10. The molecule has 8 heteroatoms. The molecule has 5 nitrogen and oxygen atoms in total. The predicted molar refractivity (Wildman–Crippen MR) is 95.5 cm³/mol. The van der Waals surface area contributed by atoms with E-state index in [9.17, 15) is 9.18 Å². The van der Waals surface area contributed by atoms with Gasteiger partial charge in [-0.2, -0.15) is 10.2 Å². The van der Waals surface area contributed by atoms with E-state index in [2.05, 4.69) is 20.7 Å². The standard InChI is InChI=1S/C17H11Cl2FN4O/c18-12-4-1-11(14(19)7-12)9-21-24-17(25)16-8-15(22-23-16)10-2-5-13(20)6-3-10/h1-9H,(H,22,23)(H,24,25)/b21-9+. The van der Waals surface area contributed by atoms with E-state index < -0.39 is 5.91 Å². The highest BCUT2D eigenvalue weighted by atomic mass is 35.5. The fourth-order valence-electron chi connectivity index (χ4n) is 2.03. The fourth-order valence-corrected chi connectivity index (χ4v) is 2.49. The average Bonchev–Trinajstić information content (AvgIpc) is 3.07. The van der Waals surface area contributed by atoms with Gasteiger partial charge in [0, 0.05) is 16.1 Å². The molecule has 1 amide bonds. The third-order valence-corrected chi connectivity index (χ3v) is 3.86. The SMILES string of the molecule is O=C(N/N=C/c1ccc(Cl)cc1Cl)c1cc(-c2ccc(F)cc2)n[nH]1. The first-order chi connectivity index (χ1) is 12.0. The van der Waals surface area contributed by atoms with Crippen molar-refractivity contribution < 1.29 is 9.18 Å². The molecule has 0 bridgehead atoms. The van der Waals surface area contributed by atoms with Crippen molar-refractivity contribution in [2.45, 2.75) is 0 Å². The van der Waals surface area contributed by atoms with E-state index in [1.54, 1.807) is 36.4 Å². The summed E-state index contributed by atoms with van der Waals surface area (Å²) in [6.07, 6.45) is 1.41. The molecular weight excluding hydrogens is 366 g/mol. The van der Waals surface area contributed by atoms with Crippen molar-refractivity contribution in [1.82, 2.24) is 15.6 Å². The van der Waals surface area contributed by atoms with Crippen molar-refractivity contribution >= 4 is 35.3 Å². The number of carbonyl (C=O) groups excluding carboxylic acids is 1. The maximum Gasteiger partial charge on any atom is 0.289 e. The van der Waals surface area contributed by atoms with Gasteiger partial charge in [0.15, 0.2) is 0 Å². The maximum atomic E-state index is 12.9. The molecular formula is C17H11Cl2FN4O. The van der Waals surface area contributed by atoms with Crippen LogP contribution in [0.2, 0.25) is 10.0 Å². The van der Waals surface area contributed by atoms with Gasteiger partial charge < -0.3 is 0 Å². The lowest BCUT2D eigenvalue weighted by Crippen LogP contribution is -2.18. The van der Waals surface area contributed by atoms with Crippen LogP contribution in [0.4, 0.5) is 4.39 Å². The number of halogens is 3. The van der Waals surface area contributed by atoms with Gasteiger partial charge in [0.25, 0.3) is 5.91 Å². The highest BCUT2D eigenvalue weighted by molar-refractivity contribution is 6.36. The number of benzene rings is 2. The molecule has 126 valence electrons. The zero-order valence-electron chi connectivity index (χ0n) is 12.6. The Labute approximate surface area is 152 Å². The van der Waals surface area contributed by atoms with E-state index >= 15 is 0 Å². The monoisotopic (exact) mass is 376 g/mol. The molecule has 3 aromatic rings. The summed E-state index contributed by atoms with van der Waals surface area (Å²) in [4.78, 5) is 12.1. The molecule has 0 saturated heterocycles. The van der Waals surface area contributed by atoms with E-state index in [1.807, 2.05) is 0 Å². The van der Waals surface area contributed by atoms with Crippen LogP contribution >= 0.6 is 23.2 Å². The Bertz CT molecular complexity index is 938. The minimum atomic E-state index is -0.470. The second-order valence-corrected chi connectivity index (χ2v) is 5.88. The zero-order chi connectivity index (χ0) is 17.8. The van der Waals surface area contributed by atoms with Gasteiger partial charge in [0.2, 0.25) is 0 Å². The average molecular weight is 377 g/mol. The first-order valence-corrected chi connectivity index (χ1v) is 7.88. The molecule has 0 radical (unpaired) electrons. The lowest BCUT2D eigenvalue weighted by atomic mass is 10.1. The molecule has 0 unspecified atom stereocenters. The van der Waals surface area contributed by atoms with Crippen LogP contribution in [0.5, 0.6) is 0 Å². The van der Waals surface area contributed by atoms with Crippen molar-refractivity contribution in [2.24, 2.45) is 5.10 Å². The van der Waals surface area contributed by atoms with Gasteiger partial charge in [-0.25, -0.2) is 9.82 Å². The lowest BCUT2D eigenvalue weighted by Gasteiger charge is -1.99. The molecule has 0 aliphatic heterocycles. The molecule has 3 rings (SSSR count). The molecule has 0 aliphatic carbocycles. The maximum absolute atomic E-state index is 12.9. The van der Waals surface area contributed by atoms with Crippen molar-refractivity contribution in [2.75, 3.05) is 0 Å². The van der Waals surface area contributed by atoms with Crippen LogP contribution < -0.4 is 5.43 Å². The molecule has 2 aromatic carbocycles. The summed E-state index contributed by atoms with van der Waals surface area (Å²) in [6.45, 7) is 0. The van der Waals surface area contributed by atoms with Crippen LogP contribution in [0.1, 0.15) is 16.1 Å². The summed E-state index contributed by atoms with van der Waals surface area (Å²) in [5, 5.41) is 11.4. The third-order valence-electron chi connectivity index (χ3n) is 3.29. The van der Waals surface area contributed by atoms with Crippen LogP contribution in [-0.4, -0.2) is 22.3 Å². The van der Waals surface area contributed by atoms with Crippen LogP contribution in [0, 0.1) is 5.82 Å². The summed E-state index contributed by atoms with van der Waals surface area (Å²) < 4.78 is 12.9. The van der Waals surface area contributed by atoms with Gasteiger partial charge >= 0.3 is 0 Å². The summed E-state index contributed by atoms with van der Waals surface area (Å²) in [7, 11) is 0. The van der Waals surface area contributed by atoms with Crippen molar-refractivity contribution in [3.63, 3.8) is 0 Å². The molecule has 0 fully saturated rings. The van der Waals surface area contributed by atoms with Crippen molar-refractivity contribution in [3.8, 4) is 11.3 Å². The number of nitrogens with one attached hydrogen (secondary N) is 2. The van der Waals surface area contributed by atoms with Crippen LogP contribution in [0.25, 0.3) is 11.3 Å². The number of aromatic nitrogens is 2. The Morgan fingerprint density at radius 2 is 1.92 bits per heavy atom. The number of nitrogens with zero attached hydrogens (tertiary/aromatic N) is 2. The molecule has 1 heterocycles. The number of aromatic amines is 1. The number of hydrogen-bond acceptors (Lipinski definition) is 3. The van der Waals surface area contributed by atoms with E-state index in [-0.39, 0.29) is 11.5 Å². The Hall–Kier alpha value is -2.70. The van der Waals surface area contributed by atoms with Gasteiger partial charge in [-0.15, -0.1) is 0 Å². The second-order valence-electron chi connectivity index (χ2n) is 5.04. The van der Waals surface area contributed by atoms with Gasteiger partial charge in [0.1, 0.15) is 11.5 Å². The van der Waals surface area contributed by atoms with Crippen LogP contribution in [-0.2, 0) is 0 Å². The first-order valence-electron chi connectivity index (χ1n) is 7.13. The lowest BCUT2D eigenvalue weighted by molar-refractivity contribution is 0.0950. The summed E-state index contributed by atoms with van der Waals surface area (Å²) in [5.41, 5.74) is 4.42. The Kier molecular flexibility index (Phi) is 5.11. The molecule has 25 heavy (non-hydrogen) atoms. The molecule has 1 aromatic heterocycles. The van der Waals surface area contributed by atoms with E-state index in [0.717, 1.165) is 0 Å². The van der Waals surface area contributed by atoms with Crippen molar-refractivity contribution in [3.05, 3.63) is 75.7 Å².